The molecule has 0 bridgehead atoms. The molecular weight excluding hydrogens is 100 g/mol. The van der Waals surface area contributed by atoms with Crippen LogP contribution in [-0.2, 0) is 0 Å². The zero-order valence-corrected chi connectivity index (χ0v) is 5.83. The lowest BCUT2D eigenvalue weighted by Crippen LogP contribution is -2.25. The van der Waals surface area contributed by atoms with Crippen molar-refractivity contribution in [1.82, 2.24) is 10.6 Å². The van der Waals surface area contributed by atoms with Crippen molar-refractivity contribution >= 4 is 0 Å². The molecule has 0 radical (unpaired) electrons. The summed E-state index contributed by atoms with van der Waals surface area (Å²) in [5.74, 6) is 0. The van der Waals surface area contributed by atoms with Crippen LogP contribution < -0.4 is 10.6 Å². The Morgan fingerprint density at radius 2 is 2.00 bits per heavy atom. The molecule has 0 aliphatic heterocycles. The van der Waals surface area contributed by atoms with Crippen molar-refractivity contribution in [1.29, 1.82) is 0 Å². The van der Waals surface area contributed by atoms with Gasteiger partial charge in [-0.3, -0.25) is 0 Å². The van der Waals surface area contributed by atoms with Gasteiger partial charge in [-0.1, -0.05) is 6.92 Å². The summed E-state index contributed by atoms with van der Waals surface area (Å²) in [7, 11) is 1.97. The van der Waals surface area contributed by atoms with E-state index in [4.69, 9.17) is 0 Å². The van der Waals surface area contributed by atoms with E-state index in [1.54, 1.807) is 0 Å². The minimum atomic E-state index is 0. The van der Waals surface area contributed by atoms with Gasteiger partial charge in [0, 0.05) is 14.5 Å². The molecule has 0 aromatic rings. The maximum atomic E-state index is 3.27. The third kappa shape index (κ3) is 5.92. The first-order valence-corrected chi connectivity index (χ1v) is 3.27. The molecule has 8 heavy (non-hydrogen) atoms. The first-order chi connectivity index (χ1) is 3.91. The van der Waals surface area contributed by atoms with E-state index in [0.29, 0.717) is 0 Å². The average molecular weight is 118 g/mol. The van der Waals surface area contributed by atoms with E-state index in [1.807, 2.05) is 7.05 Å². The molecule has 2 nitrogen and oxygen atoms in total. The predicted molar refractivity (Wildman–Crippen MR) is 39.2 cm³/mol. The third-order valence-electron chi connectivity index (χ3n) is 0.979. The number of hydrogen-bond donors (Lipinski definition) is 2. The molecule has 0 saturated carbocycles. The SMILES string of the molecule is CCCNCCNC.[HH]. The van der Waals surface area contributed by atoms with E-state index in [1.165, 1.54) is 6.42 Å². The molecule has 0 atom stereocenters. The molecule has 0 aliphatic carbocycles. The Morgan fingerprint density at radius 3 is 2.50 bits per heavy atom. The molecule has 52 valence electrons. The first-order valence-electron chi connectivity index (χ1n) is 3.27. The van der Waals surface area contributed by atoms with E-state index >= 15 is 0 Å². The predicted octanol–water partition coefficient (Wildman–Crippen LogP) is 0.451. The van der Waals surface area contributed by atoms with Crippen molar-refractivity contribution in [2.75, 3.05) is 26.7 Å². The minimum Gasteiger partial charge on any atom is -0.318 e. The van der Waals surface area contributed by atoms with Crippen LogP contribution in [0.25, 0.3) is 0 Å². The van der Waals surface area contributed by atoms with Crippen LogP contribution in [0.3, 0.4) is 0 Å². The van der Waals surface area contributed by atoms with Gasteiger partial charge in [-0.2, -0.15) is 0 Å². The van der Waals surface area contributed by atoms with Crippen LogP contribution in [0.5, 0.6) is 0 Å². The van der Waals surface area contributed by atoms with Gasteiger partial charge in [0.1, 0.15) is 0 Å². The molecule has 0 fully saturated rings. The van der Waals surface area contributed by atoms with E-state index in [-0.39, 0.29) is 1.43 Å². The number of nitrogens with one attached hydrogen (secondary N) is 2. The zero-order chi connectivity index (χ0) is 6.24. The van der Waals surface area contributed by atoms with Gasteiger partial charge in [0.05, 0.1) is 0 Å². The van der Waals surface area contributed by atoms with Crippen molar-refractivity contribution in [3.63, 3.8) is 0 Å². The second-order valence-corrected chi connectivity index (χ2v) is 1.85. The summed E-state index contributed by atoms with van der Waals surface area (Å²) >= 11 is 0. The van der Waals surface area contributed by atoms with Crippen molar-refractivity contribution in [3.8, 4) is 0 Å². The summed E-state index contributed by atoms with van der Waals surface area (Å²) < 4.78 is 0. The Bertz CT molecular complexity index is 36.0. The molecule has 0 aliphatic rings. The maximum Gasteiger partial charge on any atom is 0.00766 e. The van der Waals surface area contributed by atoms with Crippen molar-refractivity contribution in [2.24, 2.45) is 0 Å². The molecular formula is C6H18N2. The molecule has 2 heteroatoms. The van der Waals surface area contributed by atoms with Crippen LogP contribution in [0.15, 0.2) is 0 Å². The topological polar surface area (TPSA) is 24.1 Å². The summed E-state index contributed by atoms with van der Waals surface area (Å²) in [4.78, 5) is 0. The monoisotopic (exact) mass is 118 g/mol. The Kier molecular flexibility index (Phi) is 6.85. The Hall–Kier alpha value is -0.0800. The Balaban J connectivity index is 0. The lowest BCUT2D eigenvalue weighted by atomic mass is 10.5. The second kappa shape index (κ2) is 6.92. The normalized spacial score (nSPS) is 9.75. The van der Waals surface area contributed by atoms with Crippen LogP contribution in [0.4, 0.5) is 0 Å². The fourth-order valence-corrected chi connectivity index (χ4v) is 0.515. The summed E-state index contributed by atoms with van der Waals surface area (Å²) in [6.07, 6.45) is 1.23. The van der Waals surface area contributed by atoms with E-state index in [0.717, 1.165) is 19.6 Å². The van der Waals surface area contributed by atoms with Gasteiger partial charge in [0.15, 0.2) is 0 Å². The summed E-state index contributed by atoms with van der Waals surface area (Å²) in [5, 5.41) is 6.34. The molecule has 0 saturated heterocycles. The summed E-state index contributed by atoms with van der Waals surface area (Å²) in [6.45, 7) is 5.47. The van der Waals surface area contributed by atoms with Gasteiger partial charge in [-0.05, 0) is 20.0 Å². The van der Waals surface area contributed by atoms with Gasteiger partial charge in [-0.15, -0.1) is 0 Å². The van der Waals surface area contributed by atoms with Gasteiger partial charge in [0.2, 0.25) is 0 Å². The molecule has 2 N–H and O–H groups in total. The second-order valence-electron chi connectivity index (χ2n) is 1.85. The maximum absolute atomic E-state index is 3.27. The minimum absolute atomic E-state index is 0. The summed E-state index contributed by atoms with van der Waals surface area (Å²) in [6, 6.07) is 0. The van der Waals surface area contributed by atoms with E-state index in [2.05, 4.69) is 17.6 Å². The van der Waals surface area contributed by atoms with Crippen molar-refractivity contribution in [2.45, 2.75) is 13.3 Å². The molecule has 0 rings (SSSR count). The Labute approximate surface area is 53.1 Å². The first kappa shape index (κ1) is 7.92. The van der Waals surface area contributed by atoms with E-state index < -0.39 is 0 Å². The lowest BCUT2D eigenvalue weighted by molar-refractivity contribution is 0.641. The van der Waals surface area contributed by atoms with Gasteiger partial charge >= 0.3 is 0 Å². The highest BCUT2D eigenvalue weighted by Gasteiger charge is 1.79. The highest BCUT2D eigenvalue weighted by Crippen LogP contribution is 1.66. The van der Waals surface area contributed by atoms with Gasteiger partial charge in [-0.25, -0.2) is 0 Å². The molecule has 0 aromatic carbocycles. The van der Waals surface area contributed by atoms with Crippen LogP contribution in [0, 0.1) is 0 Å². The van der Waals surface area contributed by atoms with Gasteiger partial charge < -0.3 is 10.6 Å². The number of likely N-dealkylation sites (N-methyl/N-ethyl adjacent to an activating group) is 1. The van der Waals surface area contributed by atoms with Crippen molar-refractivity contribution in [3.05, 3.63) is 0 Å². The van der Waals surface area contributed by atoms with Gasteiger partial charge in [0.25, 0.3) is 0 Å². The molecule has 0 amide bonds. The highest BCUT2D eigenvalue weighted by molar-refractivity contribution is 4.45. The number of hydrogen-bond acceptors (Lipinski definition) is 2. The van der Waals surface area contributed by atoms with Crippen LogP contribution in [0.1, 0.15) is 14.8 Å². The number of rotatable bonds is 5. The van der Waals surface area contributed by atoms with Crippen LogP contribution >= 0.6 is 0 Å². The fraction of sp³-hybridized carbons (Fsp3) is 1.00. The largest absolute Gasteiger partial charge is 0.318 e. The highest BCUT2D eigenvalue weighted by atomic mass is 14.9. The summed E-state index contributed by atoms with van der Waals surface area (Å²) in [5.41, 5.74) is 0. The van der Waals surface area contributed by atoms with Crippen molar-refractivity contribution < 1.29 is 1.43 Å². The average Bonchev–Trinajstić information content (AvgIpc) is 1.81. The molecule has 0 spiro atoms. The smallest absolute Gasteiger partial charge is 0.00766 e. The lowest BCUT2D eigenvalue weighted by Gasteiger charge is -1.99. The quantitative estimate of drug-likeness (QED) is 0.512. The van der Waals surface area contributed by atoms with E-state index in [9.17, 15) is 0 Å². The third-order valence-corrected chi connectivity index (χ3v) is 0.979. The van der Waals surface area contributed by atoms with Crippen LogP contribution in [-0.4, -0.2) is 26.7 Å². The molecule has 0 heterocycles. The fourth-order valence-electron chi connectivity index (χ4n) is 0.515. The molecule has 0 aromatic heterocycles. The standard InChI is InChI=1S/C6H16N2.H2/c1-3-4-8-6-5-7-2;/h7-8H,3-6H2,1-2H3;1H. The Morgan fingerprint density at radius 1 is 1.25 bits per heavy atom. The molecule has 0 unspecified atom stereocenters. The van der Waals surface area contributed by atoms with Crippen LogP contribution in [0.2, 0.25) is 0 Å². The zero-order valence-electron chi connectivity index (χ0n) is 5.83.